The van der Waals surface area contributed by atoms with Gasteiger partial charge in [-0.15, -0.1) is 0 Å². The van der Waals surface area contributed by atoms with Crippen molar-refractivity contribution >= 4 is 23.5 Å². The normalized spacial score (nSPS) is 18.2. The van der Waals surface area contributed by atoms with E-state index in [9.17, 15) is 24.5 Å². The Balaban J connectivity index is 2.06. The molecule has 0 radical (unpaired) electrons. The fourth-order valence-electron chi connectivity index (χ4n) is 3.50. The molecule has 0 spiro atoms. The number of benzene rings is 2. The smallest absolute Gasteiger partial charge is 0.336 e. The summed E-state index contributed by atoms with van der Waals surface area (Å²) < 4.78 is 5.17. The van der Waals surface area contributed by atoms with E-state index in [4.69, 9.17) is 4.74 Å². The van der Waals surface area contributed by atoms with Crippen LogP contribution < -0.4 is 10.6 Å². The topological polar surface area (TPSA) is 128 Å². The average molecular weight is 423 g/mol. The molecule has 160 valence electrons. The summed E-state index contributed by atoms with van der Waals surface area (Å²) >= 11 is 0. The first-order valence-electron chi connectivity index (χ1n) is 9.62. The Hall–Kier alpha value is -4.01. The summed E-state index contributed by atoms with van der Waals surface area (Å²) in [4.78, 5) is 48.8. The van der Waals surface area contributed by atoms with Gasteiger partial charge in [-0.05, 0) is 31.5 Å². The van der Waals surface area contributed by atoms with Gasteiger partial charge in [0.25, 0.3) is 11.6 Å². The van der Waals surface area contributed by atoms with Gasteiger partial charge in [0.2, 0.25) is 5.91 Å². The number of ether oxygens (including phenoxy) is 1. The highest BCUT2D eigenvalue weighted by molar-refractivity contribution is 6.02. The quantitative estimate of drug-likeness (QED) is 0.417. The van der Waals surface area contributed by atoms with Gasteiger partial charge in [-0.25, -0.2) is 4.79 Å². The molecule has 2 aromatic rings. The van der Waals surface area contributed by atoms with Gasteiger partial charge in [0, 0.05) is 29.3 Å². The van der Waals surface area contributed by atoms with Crippen molar-refractivity contribution in [2.75, 3.05) is 6.61 Å². The van der Waals surface area contributed by atoms with Crippen LogP contribution in [0.1, 0.15) is 35.7 Å². The van der Waals surface area contributed by atoms with Crippen molar-refractivity contribution in [3.8, 4) is 0 Å². The van der Waals surface area contributed by atoms with Crippen LogP contribution >= 0.6 is 0 Å². The lowest BCUT2D eigenvalue weighted by molar-refractivity contribution is -0.384. The van der Waals surface area contributed by atoms with Gasteiger partial charge in [-0.2, -0.15) is 0 Å². The highest BCUT2D eigenvalue weighted by atomic mass is 16.6. The average Bonchev–Trinajstić information content (AvgIpc) is 2.76. The number of amides is 2. The molecule has 2 aromatic carbocycles. The van der Waals surface area contributed by atoms with Crippen molar-refractivity contribution in [2.24, 2.45) is 0 Å². The van der Waals surface area contributed by atoms with Crippen LogP contribution in [0.2, 0.25) is 0 Å². The highest BCUT2D eigenvalue weighted by Gasteiger charge is 2.42. The van der Waals surface area contributed by atoms with Gasteiger partial charge >= 0.3 is 5.97 Å². The summed E-state index contributed by atoms with van der Waals surface area (Å²) in [5, 5.41) is 16.3. The van der Waals surface area contributed by atoms with Crippen molar-refractivity contribution < 1.29 is 24.0 Å². The van der Waals surface area contributed by atoms with E-state index in [2.05, 4.69) is 10.6 Å². The number of nitro groups is 1. The monoisotopic (exact) mass is 423 g/mol. The first-order valence-corrected chi connectivity index (χ1v) is 9.62. The molecule has 2 unspecified atom stereocenters. The van der Waals surface area contributed by atoms with E-state index in [1.165, 1.54) is 24.3 Å². The molecule has 1 aliphatic rings. The van der Waals surface area contributed by atoms with Crippen LogP contribution in [0.4, 0.5) is 5.69 Å². The number of carbonyl (C=O) groups is 3. The van der Waals surface area contributed by atoms with Crippen molar-refractivity contribution in [1.82, 2.24) is 10.6 Å². The molecular formula is C22H21N3O6. The Bertz CT molecular complexity index is 1050. The minimum absolute atomic E-state index is 0.123. The lowest BCUT2D eigenvalue weighted by Gasteiger charge is -2.34. The van der Waals surface area contributed by atoms with E-state index in [1.54, 1.807) is 44.2 Å². The fourth-order valence-corrected chi connectivity index (χ4v) is 3.50. The van der Waals surface area contributed by atoms with E-state index in [0.29, 0.717) is 16.8 Å². The first kappa shape index (κ1) is 21.7. The zero-order valence-electron chi connectivity index (χ0n) is 17.0. The summed E-state index contributed by atoms with van der Waals surface area (Å²) in [6, 6.07) is 12.7. The number of nitro benzene ring substituents is 1. The zero-order chi connectivity index (χ0) is 22.5. The predicted molar refractivity (Wildman–Crippen MR) is 111 cm³/mol. The van der Waals surface area contributed by atoms with E-state index in [1.807, 2.05) is 0 Å². The number of hydrogen-bond acceptors (Lipinski definition) is 6. The molecule has 3 rings (SSSR count). The number of allylic oxidation sites excluding steroid dienone is 1. The molecule has 1 heterocycles. The number of nitrogens with one attached hydrogen (secondary N) is 2. The lowest BCUT2D eigenvalue weighted by Crippen LogP contribution is -2.54. The van der Waals surface area contributed by atoms with Crippen molar-refractivity contribution in [2.45, 2.75) is 25.8 Å². The molecular weight excluding hydrogens is 402 g/mol. The second-order valence-corrected chi connectivity index (χ2v) is 6.89. The number of carbonyl (C=O) groups excluding carboxylic acids is 3. The molecule has 0 aromatic heterocycles. The van der Waals surface area contributed by atoms with Gasteiger partial charge in [0.15, 0.2) is 0 Å². The summed E-state index contributed by atoms with van der Waals surface area (Å²) in [5.41, 5.74) is 1.15. The first-order chi connectivity index (χ1) is 14.8. The molecule has 9 nitrogen and oxygen atoms in total. The molecule has 2 N–H and O–H groups in total. The Morgan fingerprint density at radius 2 is 1.77 bits per heavy atom. The molecule has 0 aliphatic carbocycles. The Kier molecular flexibility index (Phi) is 6.44. The maximum Gasteiger partial charge on any atom is 0.336 e. The molecule has 2 amide bonds. The summed E-state index contributed by atoms with van der Waals surface area (Å²) in [6.45, 7) is 3.35. The van der Waals surface area contributed by atoms with Gasteiger partial charge in [-0.3, -0.25) is 19.7 Å². The van der Waals surface area contributed by atoms with E-state index in [-0.39, 0.29) is 17.9 Å². The zero-order valence-corrected chi connectivity index (χ0v) is 17.0. The third kappa shape index (κ3) is 4.61. The molecule has 0 fully saturated rings. The van der Waals surface area contributed by atoms with Crippen LogP contribution in [-0.4, -0.2) is 35.4 Å². The van der Waals surface area contributed by atoms with Crippen LogP contribution in [0.15, 0.2) is 65.9 Å². The van der Waals surface area contributed by atoms with Gasteiger partial charge in [0.1, 0.15) is 6.04 Å². The van der Waals surface area contributed by atoms with Crippen LogP contribution in [0.25, 0.3) is 0 Å². The molecule has 2 atom stereocenters. The van der Waals surface area contributed by atoms with Crippen molar-refractivity contribution in [3.05, 3.63) is 87.1 Å². The van der Waals surface area contributed by atoms with Gasteiger partial charge in [-0.1, -0.05) is 30.3 Å². The van der Waals surface area contributed by atoms with Crippen LogP contribution in [0, 0.1) is 10.1 Å². The van der Waals surface area contributed by atoms with Gasteiger partial charge in [0.05, 0.1) is 17.1 Å². The highest BCUT2D eigenvalue weighted by Crippen LogP contribution is 2.35. The molecule has 31 heavy (non-hydrogen) atoms. The molecule has 0 saturated carbocycles. The summed E-state index contributed by atoms with van der Waals surface area (Å²) in [5.74, 6) is -2.52. The lowest BCUT2D eigenvalue weighted by atomic mass is 9.80. The number of non-ortho nitro benzene ring substituents is 1. The van der Waals surface area contributed by atoms with E-state index >= 15 is 0 Å². The number of nitrogens with zero attached hydrogens (tertiary/aromatic N) is 1. The third-order valence-electron chi connectivity index (χ3n) is 4.92. The van der Waals surface area contributed by atoms with E-state index in [0.717, 1.165) is 0 Å². The van der Waals surface area contributed by atoms with Crippen LogP contribution in [0.3, 0.4) is 0 Å². The van der Waals surface area contributed by atoms with Gasteiger partial charge < -0.3 is 15.4 Å². The fraction of sp³-hybridized carbons (Fsp3) is 0.227. The molecule has 0 saturated heterocycles. The summed E-state index contributed by atoms with van der Waals surface area (Å²) in [7, 11) is 0. The minimum Gasteiger partial charge on any atom is -0.463 e. The second kappa shape index (κ2) is 9.21. The maximum atomic E-state index is 12.8. The van der Waals surface area contributed by atoms with Crippen molar-refractivity contribution in [1.29, 1.82) is 0 Å². The Morgan fingerprint density at radius 1 is 1.13 bits per heavy atom. The third-order valence-corrected chi connectivity index (χ3v) is 4.92. The SMILES string of the molecule is CCOC(=O)C1=C(C)NC(=O)C(NC(=O)c2ccccc2)C1c1ccc([N+](=O)[O-])cc1. The Morgan fingerprint density at radius 3 is 2.35 bits per heavy atom. The predicted octanol–water partition coefficient (Wildman–Crippen LogP) is 2.44. The van der Waals surface area contributed by atoms with E-state index < -0.39 is 34.7 Å². The number of rotatable bonds is 6. The van der Waals surface area contributed by atoms with Crippen molar-refractivity contribution in [3.63, 3.8) is 0 Å². The van der Waals surface area contributed by atoms with Crippen LogP contribution in [0.5, 0.6) is 0 Å². The Labute approximate surface area is 178 Å². The maximum absolute atomic E-state index is 12.8. The largest absolute Gasteiger partial charge is 0.463 e. The summed E-state index contributed by atoms with van der Waals surface area (Å²) in [6.07, 6.45) is 0. The van der Waals surface area contributed by atoms with Crippen LogP contribution in [-0.2, 0) is 14.3 Å². The number of esters is 1. The minimum atomic E-state index is -1.13. The molecule has 9 heteroatoms. The number of hydrogen-bond donors (Lipinski definition) is 2. The molecule has 0 bridgehead atoms. The molecule has 1 aliphatic heterocycles. The standard InChI is InChI=1S/C22H21N3O6/c1-3-31-22(28)17-13(2)23-21(27)19(24-20(26)15-7-5-4-6-8-15)18(17)14-9-11-16(12-10-14)25(29)30/h4-12,18-19H,3H2,1-2H3,(H,23,27)(H,24,26). The second-order valence-electron chi connectivity index (χ2n) is 6.89.